The molecule has 0 radical (unpaired) electrons. The number of nitrogens with zero attached hydrogens (tertiary/aromatic N) is 3. The van der Waals surface area contributed by atoms with Crippen LogP contribution >= 0.6 is 11.6 Å². The second-order valence-electron chi connectivity index (χ2n) is 7.30. The Balaban J connectivity index is 1.70. The number of nitrogens with one attached hydrogen (secondary N) is 2. The first-order valence-corrected chi connectivity index (χ1v) is 11.3. The zero-order chi connectivity index (χ0) is 24.0. The quantitative estimate of drug-likeness (QED) is 0.518. The normalized spacial score (nSPS) is 17.1. The highest BCUT2D eigenvalue weighted by molar-refractivity contribution is 7.89. The van der Waals surface area contributed by atoms with Gasteiger partial charge in [0.05, 0.1) is 21.5 Å². The van der Waals surface area contributed by atoms with Gasteiger partial charge in [0.1, 0.15) is 23.4 Å². The van der Waals surface area contributed by atoms with Crippen molar-refractivity contribution >= 4 is 44.2 Å². The largest absolute Gasteiger partial charge is 0.417 e. The van der Waals surface area contributed by atoms with E-state index in [1.807, 2.05) is 0 Å². The van der Waals surface area contributed by atoms with Crippen molar-refractivity contribution in [2.24, 2.45) is 4.99 Å². The number of aliphatic imine (C=N–C) groups is 1. The average Bonchev–Trinajstić information content (AvgIpc) is 3.21. The number of Topliss-reactive ketones (excluding diaryl/α,β-unsaturated/α-hetero) is 1. The van der Waals surface area contributed by atoms with Crippen LogP contribution in [0, 0.1) is 0 Å². The third-order valence-corrected chi connectivity index (χ3v) is 6.73. The van der Waals surface area contributed by atoms with Gasteiger partial charge in [-0.2, -0.15) is 13.2 Å². The molecule has 1 aromatic carbocycles. The van der Waals surface area contributed by atoms with Crippen LogP contribution in [0.2, 0.25) is 5.02 Å². The number of rotatable bonds is 5. The Labute approximate surface area is 190 Å². The number of aromatic amines is 1. The maximum atomic E-state index is 13.2. The van der Waals surface area contributed by atoms with Crippen LogP contribution in [-0.2, 0) is 16.2 Å². The summed E-state index contributed by atoms with van der Waals surface area (Å²) in [6.45, 7) is 1.69. The van der Waals surface area contributed by atoms with Crippen molar-refractivity contribution in [1.82, 2.24) is 19.7 Å². The van der Waals surface area contributed by atoms with Crippen molar-refractivity contribution < 1.29 is 26.4 Å². The molecule has 0 saturated heterocycles. The number of carbonyl (C=O) groups excluding carboxylic acids is 1. The third kappa shape index (κ3) is 4.54. The average molecular weight is 498 g/mol. The Bertz CT molecular complexity index is 1430. The van der Waals surface area contributed by atoms with Gasteiger partial charge in [-0.3, -0.25) is 9.79 Å². The number of hydrogen-bond acceptors (Lipinski definition) is 6. The second-order valence-corrected chi connectivity index (χ2v) is 9.42. The predicted molar refractivity (Wildman–Crippen MR) is 115 cm³/mol. The lowest BCUT2D eigenvalue weighted by atomic mass is 9.97. The van der Waals surface area contributed by atoms with E-state index >= 15 is 0 Å². The number of H-pyrrole nitrogens is 1. The number of ketones is 1. The first kappa shape index (κ1) is 23.1. The van der Waals surface area contributed by atoms with E-state index in [4.69, 9.17) is 11.6 Å². The lowest BCUT2D eigenvalue weighted by molar-refractivity contribution is -0.137. The van der Waals surface area contributed by atoms with Gasteiger partial charge in [0, 0.05) is 17.8 Å². The molecule has 1 unspecified atom stereocenters. The summed E-state index contributed by atoms with van der Waals surface area (Å²) in [6.07, 6.45) is -0.573. The van der Waals surface area contributed by atoms with Crippen LogP contribution in [0.5, 0.6) is 0 Å². The van der Waals surface area contributed by atoms with Crippen molar-refractivity contribution in [3.05, 3.63) is 64.8 Å². The van der Waals surface area contributed by atoms with E-state index in [1.165, 1.54) is 12.5 Å². The number of carbonyl (C=O) groups is 1. The zero-order valence-electron chi connectivity index (χ0n) is 16.8. The van der Waals surface area contributed by atoms with Gasteiger partial charge in [-0.1, -0.05) is 17.2 Å². The zero-order valence-corrected chi connectivity index (χ0v) is 18.4. The molecule has 0 fully saturated rings. The molecule has 13 heteroatoms. The van der Waals surface area contributed by atoms with Crippen molar-refractivity contribution in [3.63, 3.8) is 0 Å². The smallest absolute Gasteiger partial charge is 0.346 e. The predicted octanol–water partition coefficient (Wildman–Crippen LogP) is 3.91. The summed E-state index contributed by atoms with van der Waals surface area (Å²) >= 11 is 5.59. The lowest BCUT2D eigenvalue weighted by Gasteiger charge is -2.23. The van der Waals surface area contributed by atoms with Crippen LogP contribution in [0.25, 0.3) is 11.0 Å². The highest BCUT2D eigenvalue weighted by atomic mass is 35.5. The Hall–Kier alpha value is -3.09. The second kappa shape index (κ2) is 8.36. The summed E-state index contributed by atoms with van der Waals surface area (Å²) in [5, 5.41) is -0.208. The molecule has 3 aromatic rings. The Kier molecular flexibility index (Phi) is 5.85. The molecule has 2 aromatic heterocycles. The minimum atomic E-state index is -4.84. The van der Waals surface area contributed by atoms with E-state index in [0.29, 0.717) is 22.7 Å². The van der Waals surface area contributed by atoms with Gasteiger partial charge < -0.3 is 4.98 Å². The molecular weight excluding hydrogens is 483 g/mol. The van der Waals surface area contributed by atoms with E-state index in [9.17, 15) is 26.4 Å². The molecule has 1 aliphatic heterocycles. The third-order valence-electron chi connectivity index (χ3n) is 4.93. The molecule has 172 valence electrons. The van der Waals surface area contributed by atoms with Crippen molar-refractivity contribution in [2.75, 3.05) is 0 Å². The lowest BCUT2D eigenvalue weighted by Crippen LogP contribution is -2.45. The maximum absolute atomic E-state index is 13.2. The molecule has 8 nitrogen and oxygen atoms in total. The Morgan fingerprint density at radius 1 is 1.24 bits per heavy atom. The van der Waals surface area contributed by atoms with Crippen LogP contribution in [0.15, 0.2) is 58.5 Å². The maximum Gasteiger partial charge on any atom is 0.417 e. The summed E-state index contributed by atoms with van der Waals surface area (Å²) in [5.41, 5.74) is -0.332. The Morgan fingerprint density at radius 2 is 2.00 bits per heavy atom. The van der Waals surface area contributed by atoms with Crippen LogP contribution in [0.4, 0.5) is 13.2 Å². The number of aromatic nitrogens is 3. The minimum Gasteiger partial charge on any atom is -0.346 e. The van der Waals surface area contributed by atoms with Gasteiger partial charge in [-0.05, 0) is 37.6 Å². The fraction of sp³-hybridized carbons (Fsp3) is 0.200. The summed E-state index contributed by atoms with van der Waals surface area (Å²) < 4.78 is 67.8. The first-order chi connectivity index (χ1) is 15.5. The fourth-order valence-electron chi connectivity index (χ4n) is 3.37. The molecule has 0 aliphatic carbocycles. The SMILES string of the molecule is CC1=CN=C(C(=O)c2ncnc3[nH]ccc23)C(NS(=O)(=O)c2ccc(Cl)c(C(F)(F)F)c2)C1. The van der Waals surface area contributed by atoms with E-state index in [0.717, 1.165) is 12.1 Å². The summed E-state index contributed by atoms with van der Waals surface area (Å²) in [6, 6.07) is 2.73. The van der Waals surface area contributed by atoms with E-state index < -0.39 is 43.5 Å². The van der Waals surface area contributed by atoms with E-state index in [2.05, 4.69) is 24.7 Å². The van der Waals surface area contributed by atoms with Gasteiger partial charge in [0.15, 0.2) is 0 Å². The summed E-state index contributed by atoms with van der Waals surface area (Å²) in [7, 11) is -4.47. The van der Waals surface area contributed by atoms with Gasteiger partial charge in [0.25, 0.3) is 0 Å². The number of halogens is 4. The van der Waals surface area contributed by atoms with Crippen molar-refractivity contribution in [2.45, 2.75) is 30.5 Å². The summed E-state index contributed by atoms with van der Waals surface area (Å²) in [4.78, 5) is 27.6. The summed E-state index contributed by atoms with van der Waals surface area (Å²) in [5.74, 6) is -0.634. The van der Waals surface area contributed by atoms with Crippen LogP contribution in [-0.4, -0.2) is 40.9 Å². The minimum absolute atomic E-state index is 0.0167. The highest BCUT2D eigenvalue weighted by Crippen LogP contribution is 2.36. The molecular formula is C20H15ClF3N5O3S. The molecule has 0 saturated carbocycles. The molecule has 0 bridgehead atoms. The van der Waals surface area contributed by atoms with Gasteiger partial charge in [-0.25, -0.2) is 23.1 Å². The number of alkyl halides is 3. The van der Waals surface area contributed by atoms with Crippen LogP contribution < -0.4 is 4.72 Å². The fourth-order valence-corrected chi connectivity index (χ4v) is 4.82. The van der Waals surface area contributed by atoms with Crippen LogP contribution in [0.1, 0.15) is 29.4 Å². The number of hydrogen-bond donors (Lipinski definition) is 2. The highest BCUT2D eigenvalue weighted by Gasteiger charge is 2.36. The van der Waals surface area contributed by atoms with E-state index in [1.54, 1.807) is 19.2 Å². The van der Waals surface area contributed by atoms with E-state index in [-0.39, 0.29) is 17.8 Å². The number of sulfonamides is 1. The van der Waals surface area contributed by atoms with Crippen molar-refractivity contribution in [1.29, 1.82) is 0 Å². The molecule has 1 atom stereocenters. The molecule has 0 amide bonds. The molecule has 4 rings (SSSR count). The van der Waals surface area contributed by atoms with Gasteiger partial charge in [-0.15, -0.1) is 0 Å². The molecule has 0 spiro atoms. The Morgan fingerprint density at radius 3 is 2.73 bits per heavy atom. The van der Waals surface area contributed by atoms with Gasteiger partial charge in [0.2, 0.25) is 15.8 Å². The molecule has 2 N–H and O–H groups in total. The van der Waals surface area contributed by atoms with Crippen LogP contribution in [0.3, 0.4) is 0 Å². The number of benzene rings is 1. The van der Waals surface area contributed by atoms with Crippen molar-refractivity contribution in [3.8, 4) is 0 Å². The molecule has 3 heterocycles. The van der Waals surface area contributed by atoms with Gasteiger partial charge >= 0.3 is 6.18 Å². The molecule has 33 heavy (non-hydrogen) atoms. The number of fused-ring (bicyclic) bond motifs is 1. The molecule has 1 aliphatic rings. The first-order valence-electron chi connectivity index (χ1n) is 9.42. The standard InChI is InChI=1S/C20H15ClF3N5O3S/c1-10-6-15(29-33(31,32)11-2-3-14(21)13(7-11)20(22,23)24)17(26-8-10)18(30)16-12-4-5-25-19(12)28-9-27-16/h2-5,7-9,15,29H,6H2,1H3,(H,25,27,28). The monoisotopic (exact) mass is 497 g/mol. The topological polar surface area (TPSA) is 117 Å².